The second-order valence-corrected chi connectivity index (χ2v) is 8.95. The molecule has 3 aromatic carbocycles. The van der Waals surface area contributed by atoms with Crippen LogP contribution < -0.4 is 30.4 Å². The first-order chi connectivity index (χ1) is 18.7. The lowest BCUT2D eigenvalue weighted by Crippen LogP contribution is -2.29. The van der Waals surface area contributed by atoms with Crippen LogP contribution in [-0.2, 0) is 13.6 Å². The normalized spacial score (nSPS) is 10.6. The van der Waals surface area contributed by atoms with Crippen molar-refractivity contribution >= 4 is 17.4 Å². The Kier molecular flexibility index (Phi) is 8.19. The van der Waals surface area contributed by atoms with E-state index in [9.17, 15) is 14.0 Å². The van der Waals surface area contributed by atoms with Gasteiger partial charge in [-0.15, -0.1) is 0 Å². The van der Waals surface area contributed by atoms with Crippen LogP contribution in [0.15, 0.2) is 71.5 Å². The van der Waals surface area contributed by atoms with Crippen molar-refractivity contribution in [3.63, 3.8) is 0 Å². The Balaban J connectivity index is 1.79. The first-order valence-electron chi connectivity index (χ1n) is 12.2. The van der Waals surface area contributed by atoms with E-state index in [1.54, 1.807) is 70.5 Å². The van der Waals surface area contributed by atoms with Crippen molar-refractivity contribution in [1.29, 1.82) is 0 Å². The zero-order valence-electron chi connectivity index (χ0n) is 22.4. The van der Waals surface area contributed by atoms with Crippen LogP contribution in [0, 0.1) is 19.7 Å². The van der Waals surface area contributed by atoms with E-state index in [4.69, 9.17) is 14.2 Å². The van der Waals surface area contributed by atoms with Crippen molar-refractivity contribution in [3.8, 4) is 23.0 Å². The molecule has 0 atom stereocenters. The number of carbonyl (C=O) groups excluding carboxylic acids is 1. The average molecular weight is 532 g/mol. The molecule has 1 heterocycles. The summed E-state index contributed by atoms with van der Waals surface area (Å²) in [5, 5.41) is 5.82. The highest BCUT2D eigenvalue weighted by Gasteiger charge is 2.24. The van der Waals surface area contributed by atoms with E-state index < -0.39 is 17.3 Å². The Morgan fingerprint density at radius 3 is 2.31 bits per heavy atom. The van der Waals surface area contributed by atoms with Gasteiger partial charge in [0.25, 0.3) is 11.5 Å². The number of aryl methyl sites for hydroxylation is 1. The standard InChI is InChI=1S/C30H30FN3O5/c1-18-9-14-23(22(31)15-18)33-29-28(30(36)32-17-20-10-12-21(37-4)13-11-20)26(16-27(35)34(29)3)39-25-8-6-7-24(38-5)19(25)2/h6-16,33H,17H2,1-5H3,(H,32,36). The Bertz CT molecular complexity index is 1560. The van der Waals surface area contributed by atoms with E-state index in [0.717, 1.165) is 11.1 Å². The molecule has 4 aromatic rings. The number of nitrogens with one attached hydrogen (secondary N) is 2. The van der Waals surface area contributed by atoms with E-state index in [1.807, 2.05) is 12.1 Å². The van der Waals surface area contributed by atoms with Crippen molar-refractivity contribution in [1.82, 2.24) is 9.88 Å². The summed E-state index contributed by atoms with van der Waals surface area (Å²) in [4.78, 5) is 26.7. The first kappa shape index (κ1) is 27.3. The Hall–Kier alpha value is -4.79. The van der Waals surface area contributed by atoms with Crippen LogP contribution in [-0.4, -0.2) is 24.7 Å². The van der Waals surface area contributed by atoms with Crippen LogP contribution in [0.4, 0.5) is 15.9 Å². The van der Waals surface area contributed by atoms with Crippen molar-refractivity contribution in [2.24, 2.45) is 7.05 Å². The Morgan fingerprint density at radius 1 is 0.923 bits per heavy atom. The molecule has 0 unspecified atom stereocenters. The third kappa shape index (κ3) is 6.04. The molecule has 0 bridgehead atoms. The van der Waals surface area contributed by atoms with E-state index in [0.29, 0.717) is 22.8 Å². The molecule has 0 saturated carbocycles. The number of nitrogens with zero attached hydrogens (tertiary/aromatic N) is 1. The summed E-state index contributed by atoms with van der Waals surface area (Å²) in [6, 6.07) is 18.4. The molecular weight excluding hydrogens is 501 g/mol. The summed E-state index contributed by atoms with van der Waals surface area (Å²) in [6.07, 6.45) is 0. The van der Waals surface area contributed by atoms with E-state index in [2.05, 4.69) is 10.6 Å². The van der Waals surface area contributed by atoms with E-state index in [-0.39, 0.29) is 29.4 Å². The second-order valence-electron chi connectivity index (χ2n) is 8.95. The number of ether oxygens (including phenoxy) is 3. The maximum absolute atomic E-state index is 14.8. The van der Waals surface area contributed by atoms with Gasteiger partial charge in [0.05, 0.1) is 19.9 Å². The fraction of sp³-hybridized carbons (Fsp3) is 0.200. The first-order valence-corrected chi connectivity index (χ1v) is 12.2. The minimum absolute atomic E-state index is 0.0108. The van der Waals surface area contributed by atoms with Gasteiger partial charge in [-0.3, -0.25) is 14.2 Å². The van der Waals surface area contributed by atoms with Gasteiger partial charge >= 0.3 is 0 Å². The smallest absolute Gasteiger partial charge is 0.259 e. The molecule has 2 N–H and O–H groups in total. The number of pyridine rings is 1. The van der Waals surface area contributed by atoms with Crippen molar-refractivity contribution < 1.29 is 23.4 Å². The average Bonchev–Trinajstić information content (AvgIpc) is 2.93. The quantitative estimate of drug-likeness (QED) is 0.291. The number of rotatable bonds is 9. The third-order valence-electron chi connectivity index (χ3n) is 6.29. The molecule has 8 nitrogen and oxygen atoms in total. The summed E-state index contributed by atoms with van der Waals surface area (Å²) in [5.74, 6) is 0.721. The highest BCUT2D eigenvalue weighted by Crippen LogP contribution is 2.35. The number of methoxy groups -OCH3 is 2. The minimum Gasteiger partial charge on any atom is -0.497 e. The number of carbonyl (C=O) groups is 1. The van der Waals surface area contributed by atoms with Gasteiger partial charge < -0.3 is 24.8 Å². The second kappa shape index (κ2) is 11.7. The van der Waals surface area contributed by atoms with Gasteiger partial charge in [0.2, 0.25) is 0 Å². The van der Waals surface area contributed by atoms with Crippen molar-refractivity contribution in [3.05, 3.63) is 105 Å². The molecule has 0 aliphatic heterocycles. The molecule has 1 aromatic heterocycles. The van der Waals surface area contributed by atoms with Gasteiger partial charge in [-0.2, -0.15) is 0 Å². The fourth-order valence-corrected chi connectivity index (χ4v) is 4.03. The van der Waals surface area contributed by atoms with Gasteiger partial charge in [0.1, 0.15) is 40.2 Å². The van der Waals surface area contributed by atoms with Gasteiger partial charge in [-0.1, -0.05) is 24.3 Å². The summed E-state index contributed by atoms with van der Waals surface area (Å²) in [5.41, 5.74) is 1.94. The van der Waals surface area contributed by atoms with Crippen molar-refractivity contribution in [2.45, 2.75) is 20.4 Å². The molecule has 39 heavy (non-hydrogen) atoms. The maximum Gasteiger partial charge on any atom is 0.259 e. The maximum atomic E-state index is 14.8. The topological polar surface area (TPSA) is 90.8 Å². The SMILES string of the molecule is COc1ccc(CNC(=O)c2c(Oc3cccc(OC)c3C)cc(=O)n(C)c2Nc2ccc(C)cc2F)cc1. The fourth-order valence-electron chi connectivity index (χ4n) is 4.03. The molecule has 0 radical (unpaired) electrons. The lowest BCUT2D eigenvalue weighted by atomic mass is 10.1. The molecule has 9 heteroatoms. The molecule has 0 fully saturated rings. The predicted molar refractivity (Wildman–Crippen MR) is 148 cm³/mol. The molecule has 0 spiro atoms. The number of benzene rings is 3. The van der Waals surface area contributed by atoms with Crippen LogP contribution in [0.25, 0.3) is 0 Å². The third-order valence-corrected chi connectivity index (χ3v) is 6.29. The zero-order chi connectivity index (χ0) is 28.1. The predicted octanol–water partition coefficient (Wildman–Crippen LogP) is 5.62. The Labute approximate surface area is 226 Å². The molecule has 4 rings (SSSR count). The highest BCUT2D eigenvalue weighted by atomic mass is 19.1. The van der Waals surface area contributed by atoms with Gasteiger partial charge in [0, 0.05) is 25.2 Å². The van der Waals surface area contributed by atoms with Crippen LogP contribution in [0.2, 0.25) is 0 Å². The molecule has 0 aliphatic rings. The van der Waals surface area contributed by atoms with Crippen molar-refractivity contribution in [2.75, 3.05) is 19.5 Å². The number of halogens is 1. The largest absolute Gasteiger partial charge is 0.497 e. The lowest BCUT2D eigenvalue weighted by molar-refractivity contribution is 0.0948. The molecule has 202 valence electrons. The van der Waals surface area contributed by atoms with Gasteiger partial charge in [-0.25, -0.2) is 4.39 Å². The highest BCUT2D eigenvalue weighted by molar-refractivity contribution is 6.02. The molecule has 1 amide bonds. The van der Waals surface area contributed by atoms with Gasteiger partial charge in [0.15, 0.2) is 0 Å². The van der Waals surface area contributed by atoms with Crippen LogP contribution in [0.1, 0.15) is 27.0 Å². The zero-order valence-corrected chi connectivity index (χ0v) is 22.4. The number of aromatic nitrogens is 1. The molecular formula is C30H30FN3O5. The monoisotopic (exact) mass is 531 g/mol. The number of anilines is 2. The summed E-state index contributed by atoms with van der Waals surface area (Å²) < 4.78 is 32.8. The van der Waals surface area contributed by atoms with Crippen LogP contribution in [0.3, 0.4) is 0 Å². The summed E-state index contributed by atoms with van der Waals surface area (Å²) in [7, 11) is 4.62. The lowest BCUT2D eigenvalue weighted by Gasteiger charge is -2.20. The van der Waals surface area contributed by atoms with E-state index >= 15 is 0 Å². The Morgan fingerprint density at radius 2 is 1.64 bits per heavy atom. The number of hydrogen-bond donors (Lipinski definition) is 2. The van der Waals surface area contributed by atoms with E-state index in [1.165, 1.54) is 23.7 Å². The molecule has 0 aliphatic carbocycles. The number of amides is 1. The van der Waals surface area contributed by atoms with Gasteiger partial charge in [-0.05, 0) is 61.4 Å². The van der Waals surface area contributed by atoms with Crippen LogP contribution >= 0.6 is 0 Å². The summed E-state index contributed by atoms with van der Waals surface area (Å²) in [6.45, 7) is 3.77. The van der Waals surface area contributed by atoms with Crippen LogP contribution in [0.5, 0.6) is 23.0 Å². The summed E-state index contributed by atoms with van der Waals surface area (Å²) >= 11 is 0. The minimum atomic E-state index is -0.526. The number of hydrogen-bond acceptors (Lipinski definition) is 6. The molecule has 0 saturated heterocycles.